The van der Waals surface area contributed by atoms with Gasteiger partial charge in [0.2, 0.25) is 0 Å². The van der Waals surface area contributed by atoms with Gasteiger partial charge in [0, 0.05) is 6.61 Å². The van der Waals surface area contributed by atoms with Crippen LogP contribution in [0.1, 0.15) is 72.6 Å². The van der Waals surface area contributed by atoms with Crippen LogP contribution in [-0.2, 0) is 14.3 Å². The molecular formula is C17H35NO3. The van der Waals surface area contributed by atoms with Crippen LogP contribution in [-0.4, -0.2) is 37.9 Å². The zero-order chi connectivity index (χ0) is 16.1. The average molecular weight is 301 g/mol. The molecule has 0 radical (unpaired) electrons. The standard InChI is InChI=1S/C17H35NO3/c1-6-8-9-10-11-15(3)21-14-12-17(4,16(19)20-5)18-13-7-2/h15,18H,6-14H2,1-5H3. The summed E-state index contributed by atoms with van der Waals surface area (Å²) in [6.45, 7) is 9.69. The van der Waals surface area contributed by atoms with Crippen LogP contribution in [0, 0.1) is 0 Å². The van der Waals surface area contributed by atoms with Crippen LogP contribution < -0.4 is 5.32 Å². The molecule has 0 aromatic heterocycles. The van der Waals surface area contributed by atoms with Crippen LogP contribution in [0.25, 0.3) is 0 Å². The van der Waals surface area contributed by atoms with Crippen molar-refractivity contribution >= 4 is 5.97 Å². The molecule has 0 aromatic carbocycles. The lowest BCUT2D eigenvalue weighted by Crippen LogP contribution is -2.51. The summed E-state index contributed by atoms with van der Waals surface area (Å²) in [5, 5.41) is 3.28. The summed E-state index contributed by atoms with van der Waals surface area (Å²) in [7, 11) is 1.44. The van der Waals surface area contributed by atoms with Gasteiger partial charge in [-0.25, -0.2) is 0 Å². The maximum absolute atomic E-state index is 11.9. The lowest BCUT2D eigenvalue weighted by molar-refractivity contribution is -0.149. The Kier molecular flexibility index (Phi) is 11.6. The highest BCUT2D eigenvalue weighted by atomic mass is 16.5. The Morgan fingerprint density at radius 1 is 1.19 bits per heavy atom. The Bertz CT molecular complexity index is 271. The second kappa shape index (κ2) is 12.0. The first-order chi connectivity index (χ1) is 10.00. The predicted octanol–water partition coefficient (Wildman–Crippen LogP) is 3.68. The molecule has 1 N–H and O–H groups in total. The topological polar surface area (TPSA) is 47.6 Å². The lowest BCUT2D eigenvalue weighted by Gasteiger charge is -2.28. The molecule has 0 bridgehead atoms. The molecular weight excluding hydrogens is 266 g/mol. The molecule has 0 heterocycles. The molecule has 0 saturated carbocycles. The molecule has 0 amide bonds. The first kappa shape index (κ1) is 20.4. The number of carbonyl (C=O) groups is 1. The van der Waals surface area contributed by atoms with Gasteiger partial charge in [0.05, 0.1) is 13.2 Å². The molecule has 126 valence electrons. The normalized spacial score (nSPS) is 15.5. The number of rotatable bonds is 13. The quantitative estimate of drug-likeness (QED) is 0.416. The van der Waals surface area contributed by atoms with E-state index in [1.54, 1.807) is 0 Å². The number of hydrogen-bond donors (Lipinski definition) is 1. The molecule has 0 rings (SSSR count). The number of carbonyl (C=O) groups excluding carboxylic acids is 1. The fourth-order valence-electron chi connectivity index (χ4n) is 2.29. The number of nitrogens with one attached hydrogen (secondary N) is 1. The van der Waals surface area contributed by atoms with Crippen LogP contribution in [0.2, 0.25) is 0 Å². The minimum Gasteiger partial charge on any atom is -0.468 e. The Morgan fingerprint density at radius 3 is 2.48 bits per heavy atom. The van der Waals surface area contributed by atoms with Crippen molar-refractivity contribution in [3.8, 4) is 0 Å². The molecule has 0 aromatic rings. The van der Waals surface area contributed by atoms with E-state index in [4.69, 9.17) is 9.47 Å². The van der Waals surface area contributed by atoms with Crippen LogP contribution in [0.4, 0.5) is 0 Å². The van der Waals surface area contributed by atoms with Gasteiger partial charge in [-0.05, 0) is 39.7 Å². The van der Waals surface area contributed by atoms with Crippen molar-refractivity contribution in [1.29, 1.82) is 0 Å². The van der Waals surface area contributed by atoms with Crippen LogP contribution in [0.3, 0.4) is 0 Å². The van der Waals surface area contributed by atoms with E-state index >= 15 is 0 Å². The Hall–Kier alpha value is -0.610. The third-order valence-electron chi connectivity index (χ3n) is 3.87. The first-order valence-corrected chi connectivity index (χ1v) is 8.45. The molecule has 4 heteroatoms. The zero-order valence-corrected chi connectivity index (χ0v) is 14.7. The molecule has 21 heavy (non-hydrogen) atoms. The molecule has 2 atom stereocenters. The fourth-order valence-corrected chi connectivity index (χ4v) is 2.29. The number of unbranched alkanes of at least 4 members (excludes halogenated alkanes) is 3. The van der Waals surface area contributed by atoms with Gasteiger partial charge in [-0.1, -0.05) is 39.5 Å². The summed E-state index contributed by atoms with van der Waals surface area (Å²) in [6, 6.07) is 0. The number of methoxy groups -OCH3 is 1. The summed E-state index contributed by atoms with van der Waals surface area (Å²) < 4.78 is 10.7. The molecule has 0 aliphatic carbocycles. The smallest absolute Gasteiger partial charge is 0.325 e. The zero-order valence-electron chi connectivity index (χ0n) is 14.7. The first-order valence-electron chi connectivity index (χ1n) is 8.45. The number of esters is 1. The van der Waals surface area contributed by atoms with E-state index in [-0.39, 0.29) is 12.1 Å². The summed E-state index contributed by atoms with van der Waals surface area (Å²) >= 11 is 0. The molecule has 0 fully saturated rings. The minimum atomic E-state index is -0.646. The summed E-state index contributed by atoms with van der Waals surface area (Å²) in [5.41, 5.74) is -0.646. The Labute approximate surface area is 131 Å². The minimum absolute atomic E-state index is 0.213. The third-order valence-corrected chi connectivity index (χ3v) is 3.87. The van der Waals surface area contributed by atoms with Crippen molar-refractivity contribution < 1.29 is 14.3 Å². The maximum Gasteiger partial charge on any atom is 0.325 e. The number of ether oxygens (including phenoxy) is 2. The molecule has 0 spiro atoms. The van der Waals surface area contributed by atoms with Gasteiger partial charge < -0.3 is 14.8 Å². The van der Waals surface area contributed by atoms with E-state index in [0.29, 0.717) is 13.0 Å². The second-order valence-electron chi connectivity index (χ2n) is 6.03. The molecule has 0 aliphatic heterocycles. The van der Waals surface area contributed by atoms with E-state index in [1.165, 1.54) is 32.8 Å². The van der Waals surface area contributed by atoms with E-state index in [9.17, 15) is 4.79 Å². The van der Waals surface area contributed by atoms with Crippen molar-refractivity contribution in [3.05, 3.63) is 0 Å². The monoisotopic (exact) mass is 301 g/mol. The summed E-state index contributed by atoms with van der Waals surface area (Å²) in [6.07, 6.45) is 8.04. The maximum atomic E-state index is 11.9. The van der Waals surface area contributed by atoms with Gasteiger partial charge in [0.25, 0.3) is 0 Å². The van der Waals surface area contributed by atoms with Crippen molar-refractivity contribution in [2.45, 2.75) is 84.3 Å². The third kappa shape index (κ3) is 9.10. The fraction of sp³-hybridized carbons (Fsp3) is 0.941. The highest BCUT2D eigenvalue weighted by molar-refractivity contribution is 5.80. The van der Waals surface area contributed by atoms with Crippen LogP contribution in [0.15, 0.2) is 0 Å². The van der Waals surface area contributed by atoms with Crippen molar-refractivity contribution in [2.24, 2.45) is 0 Å². The largest absolute Gasteiger partial charge is 0.468 e. The van der Waals surface area contributed by atoms with Crippen molar-refractivity contribution in [2.75, 3.05) is 20.3 Å². The number of hydrogen-bond acceptors (Lipinski definition) is 4. The summed E-state index contributed by atoms with van der Waals surface area (Å²) in [5.74, 6) is -0.213. The van der Waals surface area contributed by atoms with Crippen LogP contribution in [0.5, 0.6) is 0 Å². The molecule has 2 unspecified atom stereocenters. The molecule has 4 nitrogen and oxygen atoms in total. The predicted molar refractivity (Wildman–Crippen MR) is 87.5 cm³/mol. The van der Waals surface area contributed by atoms with E-state index in [2.05, 4.69) is 26.1 Å². The van der Waals surface area contributed by atoms with Gasteiger partial charge in [0.15, 0.2) is 0 Å². The van der Waals surface area contributed by atoms with Gasteiger partial charge in [-0.3, -0.25) is 4.79 Å². The summed E-state index contributed by atoms with van der Waals surface area (Å²) in [4.78, 5) is 11.9. The van der Waals surface area contributed by atoms with E-state index in [0.717, 1.165) is 19.4 Å². The lowest BCUT2D eigenvalue weighted by atomic mass is 9.98. The van der Waals surface area contributed by atoms with Gasteiger partial charge in [-0.2, -0.15) is 0 Å². The Morgan fingerprint density at radius 2 is 1.90 bits per heavy atom. The van der Waals surface area contributed by atoms with E-state index < -0.39 is 5.54 Å². The highest BCUT2D eigenvalue weighted by Crippen LogP contribution is 2.14. The van der Waals surface area contributed by atoms with Crippen molar-refractivity contribution in [3.63, 3.8) is 0 Å². The van der Waals surface area contributed by atoms with Gasteiger partial charge >= 0.3 is 5.97 Å². The van der Waals surface area contributed by atoms with Crippen LogP contribution >= 0.6 is 0 Å². The molecule has 0 saturated heterocycles. The van der Waals surface area contributed by atoms with Gasteiger partial charge in [-0.15, -0.1) is 0 Å². The Balaban J connectivity index is 4.04. The molecule has 0 aliphatic rings. The van der Waals surface area contributed by atoms with E-state index in [1.807, 2.05) is 6.92 Å². The van der Waals surface area contributed by atoms with Gasteiger partial charge in [0.1, 0.15) is 5.54 Å². The second-order valence-corrected chi connectivity index (χ2v) is 6.03. The van der Waals surface area contributed by atoms with Crippen molar-refractivity contribution in [1.82, 2.24) is 5.32 Å². The average Bonchev–Trinajstić information content (AvgIpc) is 2.48. The highest BCUT2D eigenvalue weighted by Gasteiger charge is 2.33. The SMILES string of the molecule is CCCCCCC(C)OCCC(C)(NCCC)C(=O)OC.